The van der Waals surface area contributed by atoms with Gasteiger partial charge < -0.3 is 20.3 Å². The topological polar surface area (TPSA) is 95.9 Å². The van der Waals surface area contributed by atoms with E-state index in [9.17, 15) is 19.8 Å². The Labute approximate surface area is 551 Å². The van der Waals surface area contributed by atoms with Crippen LogP contribution in [-0.4, -0.2) is 47.4 Å². The van der Waals surface area contributed by atoms with E-state index in [1.807, 2.05) is 0 Å². The maximum absolute atomic E-state index is 12.6. The zero-order valence-electron chi connectivity index (χ0n) is 60.0. The number of carbonyl (C=O) groups excluding carboxylic acids is 2. The van der Waals surface area contributed by atoms with E-state index >= 15 is 0 Å². The first kappa shape index (κ1) is 86.3. The van der Waals surface area contributed by atoms with Crippen LogP contribution in [0.4, 0.5) is 0 Å². The fourth-order valence-electron chi connectivity index (χ4n) is 13.1. The second-order valence-corrected chi connectivity index (χ2v) is 28.1. The first-order chi connectivity index (χ1) is 43.5. The Balaban J connectivity index is 3.32. The number of hydrogen-bond donors (Lipinski definition) is 3. The molecule has 0 radical (unpaired) electrons. The van der Waals surface area contributed by atoms with Gasteiger partial charge in [-0.1, -0.05) is 417 Å². The Bertz CT molecular complexity index is 1380. The third-order valence-corrected chi connectivity index (χ3v) is 19.3. The van der Waals surface area contributed by atoms with Crippen molar-refractivity contribution in [2.45, 2.75) is 475 Å². The maximum atomic E-state index is 12.6. The molecule has 2 unspecified atom stereocenters. The molecule has 0 rings (SSSR count). The molecule has 0 fully saturated rings. The maximum Gasteiger partial charge on any atom is 0.305 e. The Morgan fingerprint density at radius 2 is 0.568 bits per heavy atom. The highest BCUT2D eigenvalue weighted by atomic mass is 16.5. The average Bonchev–Trinajstić information content (AvgIpc) is 3.58. The molecule has 88 heavy (non-hydrogen) atoms. The Morgan fingerprint density at radius 1 is 0.318 bits per heavy atom. The molecule has 0 heterocycles. The SMILES string of the molecule is CCCCC/C=C\C/C=C\CCCCCCCCCCCC(=O)OCCCCCCCCCCCCCCCCCCCCCCCCCCCCCCCCCCC(=O)NC(CO)C(O)CCCCCCCCCCCCCCCCCCCCCC. The minimum atomic E-state index is -0.662. The van der Waals surface area contributed by atoms with Crippen molar-refractivity contribution in [1.82, 2.24) is 5.32 Å². The van der Waals surface area contributed by atoms with Crippen LogP contribution in [0.1, 0.15) is 463 Å². The van der Waals surface area contributed by atoms with Crippen LogP contribution in [0.15, 0.2) is 24.3 Å². The van der Waals surface area contributed by atoms with Crippen LogP contribution in [0.5, 0.6) is 0 Å². The summed E-state index contributed by atoms with van der Waals surface area (Å²) >= 11 is 0. The van der Waals surface area contributed by atoms with Crippen molar-refractivity contribution in [1.29, 1.82) is 0 Å². The summed E-state index contributed by atoms with van der Waals surface area (Å²) in [5.41, 5.74) is 0. The number of nitrogens with one attached hydrogen (secondary N) is 1. The molecule has 1 amide bonds. The van der Waals surface area contributed by atoms with E-state index < -0.39 is 12.1 Å². The molecule has 3 N–H and O–H groups in total. The van der Waals surface area contributed by atoms with Gasteiger partial charge in [-0.3, -0.25) is 9.59 Å². The summed E-state index contributed by atoms with van der Waals surface area (Å²) in [5, 5.41) is 23.5. The standard InChI is InChI=1S/C82H159NO5/c1-3-5-7-9-11-13-15-17-19-21-23-39-42-46-50-54-58-62-66-70-74-80(85)79(78-84)83-81(86)75-71-67-63-59-55-51-47-43-40-36-34-32-30-28-26-24-25-27-29-31-33-35-37-41-45-49-53-57-61-65-69-73-77-88-82(87)76-72-68-64-60-56-52-48-44-38-22-20-18-16-14-12-10-8-6-4-2/h12,14,18,20,79-80,84-85H,3-11,13,15-17,19,21-78H2,1-2H3,(H,83,86)/b14-12-,20-18-. The van der Waals surface area contributed by atoms with Crippen LogP contribution in [-0.2, 0) is 14.3 Å². The second-order valence-electron chi connectivity index (χ2n) is 28.1. The summed E-state index contributed by atoms with van der Waals surface area (Å²) < 4.78 is 5.52. The summed E-state index contributed by atoms with van der Waals surface area (Å²) in [6, 6.07) is -0.539. The Kier molecular flexibility index (Phi) is 76.3. The lowest BCUT2D eigenvalue weighted by Crippen LogP contribution is -2.45. The average molecular weight is 1240 g/mol. The van der Waals surface area contributed by atoms with Crippen molar-refractivity contribution in [3.63, 3.8) is 0 Å². The number of ether oxygens (including phenoxy) is 1. The molecule has 0 saturated heterocycles. The van der Waals surface area contributed by atoms with Crippen molar-refractivity contribution in [2.75, 3.05) is 13.2 Å². The van der Waals surface area contributed by atoms with Gasteiger partial charge in [0.25, 0.3) is 0 Å². The molecule has 0 aromatic rings. The van der Waals surface area contributed by atoms with Crippen LogP contribution in [0.3, 0.4) is 0 Å². The van der Waals surface area contributed by atoms with Gasteiger partial charge in [0.2, 0.25) is 5.91 Å². The van der Waals surface area contributed by atoms with Crippen molar-refractivity contribution in [3.05, 3.63) is 24.3 Å². The summed E-state index contributed by atoms with van der Waals surface area (Å²) in [6.45, 7) is 4.98. The lowest BCUT2D eigenvalue weighted by Gasteiger charge is -2.22. The lowest BCUT2D eigenvalue weighted by atomic mass is 10.0. The molecule has 0 bridgehead atoms. The van der Waals surface area contributed by atoms with Gasteiger partial charge in [0.15, 0.2) is 0 Å². The molecular formula is C82H159NO5. The quantitative estimate of drug-likeness (QED) is 0.0320. The minimum Gasteiger partial charge on any atom is -0.466 e. The van der Waals surface area contributed by atoms with E-state index in [4.69, 9.17) is 4.74 Å². The number of esters is 1. The number of unbranched alkanes of at least 4 members (excludes halogenated alkanes) is 62. The molecule has 0 aliphatic carbocycles. The summed E-state index contributed by atoms with van der Waals surface area (Å²) in [6.07, 6.45) is 99.9. The number of carbonyl (C=O) groups is 2. The van der Waals surface area contributed by atoms with E-state index in [1.54, 1.807) is 0 Å². The van der Waals surface area contributed by atoms with Gasteiger partial charge in [-0.25, -0.2) is 0 Å². The van der Waals surface area contributed by atoms with Gasteiger partial charge in [-0.05, 0) is 57.8 Å². The number of hydrogen-bond acceptors (Lipinski definition) is 5. The van der Waals surface area contributed by atoms with Gasteiger partial charge in [-0.2, -0.15) is 0 Å². The van der Waals surface area contributed by atoms with E-state index in [0.29, 0.717) is 25.9 Å². The molecule has 0 aliphatic heterocycles. The van der Waals surface area contributed by atoms with E-state index in [1.165, 1.54) is 385 Å². The normalized spacial score (nSPS) is 12.5. The van der Waals surface area contributed by atoms with Crippen LogP contribution in [0.25, 0.3) is 0 Å². The first-order valence-corrected chi connectivity index (χ1v) is 40.6. The molecule has 2 atom stereocenters. The smallest absolute Gasteiger partial charge is 0.305 e. The molecule has 6 heteroatoms. The van der Waals surface area contributed by atoms with Gasteiger partial charge in [0.1, 0.15) is 0 Å². The summed E-state index contributed by atoms with van der Waals surface area (Å²) in [5.74, 6) is -0.00662. The van der Waals surface area contributed by atoms with Crippen LogP contribution in [0.2, 0.25) is 0 Å². The van der Waals surface area contributed by atoms with E-state index in [0.717, 1.165) is 44.9 Å². The minimum absolute atomic E-state index is 0.0185. The van der Waals surface area contributed by atoms with Crippen molar-refractivity contribution < 1.29 is 24.5 Å². The van der Waals surface area contributed by atoms with Gasteiger partial charge in [0.05, 0.1) is 25.4 Å². The van der Waals surface area contributed by atoms with Crippen molar-refractivity contribution in [3.8, 4) is 0 Å². The highest BCUT2D eigenvalue weighted by molar-refractivity contribution is 5.76. The third-order valence-electron chi connectivity index (χ3n) is 19.3. The zero-order chi connectivity index (χ0) is 63.5. The van der Waals surface area contributed by atoms with Gasteiger partial charge >= 0.3 is 5.97 Å². The van der Waals surface area contributed by atoms with Crippen molar-refractivity contribution in [2.24, 2.45) is 0 Å². The molecule has 0 spiro atoms. The number of amides is 1. The molecule has 0 aliphatic rings. The van der Waals surface area contributed by atoms with Crippen LogP contribution in [0, 0.1) is 0 Å². The Morgan fingerprint density at radius 3 is 0.886 bits per heavy atom. The lowest BCUT2D eigenvalue weighted by molar-refractivity contribution is -0.143. The predicted molar refractivity (Wildman–Crippen MR) is 389 cm³/mol. The number of rotatable bonds is 77. The number of allylic oxidation sites excluding steroid dienone is 4. The monoisotopic (exact) mass is 1240 g/mol. The summed E-state index contributed by atoms with van der Waals surface area (Å²) in [7, 11) is 0. The largest absolute Gasteiger partial charge is 0.466 e. The van der Waals surface area contributed by atoms with Gasteiger partial charge in [-0.15, -0.1) is 0 Å². The molecule has 0 aromatic heterocycles. The predicted octanol–water partition coefficient (Wildman–Crippen LogP) is 26.8. The highest BCUT2D eigenvalue weighted by Crippen LogP contribution is 2.20. The zero-order valence-corrected chi connectivity index (χ0v) is 60.0. The molecular weight excluding hydrogens is 1080 g/mol. The molecule has 6 nitrogen and oxygen atoms in total. The molecule has 522 valence electrons. The van der Waals surface area contributed by atoms with E-state index in [-0.39, 0.29) is 18.5 Å². The first-order valence-electron chi connectivity index (χ1n) is 40.6. The third kappa shape index (κ3) is 73.4. The summed E-state index contributed by atoms with van der Waals surface area (Å²) in [4.78, 5) is 24.7. The molecule has 0 saturated carbocycles. The molecule has 0 aromatic carbocycles. The van der Waals surface area contributed by atoms with Crippen LogP contribution < -0.4 is 5.32 Å². The van der Waals surface area contributed by atoms with E-state index in [2.05, 4.69) is 43.5 Å². The van der Waals surface area contributed by atoms with Crippen molar-refractivity contribution >= 4 is 11.9 Å². The Hall–Kier alpha value is -1.66. The highest BCUT2D eigenvalue weighted by Gasteiger charge is 2.20. The van der Waals surface area contributed by atoms with Gasteiger partial charge in [0, 0.05) is 12.8 Å². The second kappa shape index (κ2) is 77.8. The number of aliphatic hydroxyl groups is 2. The fraction of sp³-hybridized carbons (Fsp3) is 0.927. The van der Waals surface area contributed by atoms with Crippen LogP contribution >= 0.6 is 0 Å². The fourth-order valence-corrected chi connectivity index (χ4v) is 13.1. The number of aliphatic hydroxyl groups excluding tert-OH is 2.